The van der Waals surface area contributed by atoms with Crippen LogP contribution >= 0.6 is 12.2 Å². The SMILES string of the molecule is Cc1cc(C(=O)N(C)C(C)CC(N)=S)c(C)o1. The molecule has 4 nitrogen and oxygen atoms in total. The summed E-state index contributed by atoms with van der Waals surface area (Å²) in [6, 6.07) is 1.73. The molecule has 1 aromatic heterocycles. The third-order valence-electron chi connectivity index (χ3n) is 2.75. The van der Waals surface area contributed by atoms with Crippen molar-refractivity contribution in [2.24, 2.45) is 5.73 Å². The van der Waals surface area contributed by atoms with Crippen LogP contribution in [0.25, 0.3) is 0 Å². The molecule has 0 bridgehead atoms. The summed E-state index contributed by atoms with van der Waals surface area (Å²) in [6.45, 7) is 5.52. The molecule has 0 radical (unpaired) electrons. The van der Waals surface area contributed by atoms with E-state index in [0.717, 1.165) is 5.76 Å². The summed E-state index contributed by atoms with van der Waals surface area (Å²) < 4.78 is 5.35. The van der Waals surface area contributed by atoms with Crippen molar-refractivity contribution in [2.45, 2.75) is 33.2 Å². The van der Waals surface area contributed by atoms with Crippen LogP contribution in [0.3, 0.4) is 0 Å². The van der Waals surface area contributed by atoms with E-state index in [1.165, 1.54) is 0 Å². The molecular formula is C12H18N2O2S. The number of nitrogens with two attached hydrogens (primary N) is 1. The second kappa shape index (κ2) is 5.31. The minimum atomic E-state index is -0.0666. The number of carbonyl (C=O) groups is 1. The maximum Gasteiger partial charge on any atom is 0.257 e. The van der Waals surface area contributed by atoms with Crippen LogP contribution in [0.1, 0.15) is 35.2 Å². The number of thiocarbonyl (C=S) groups is 1. The number of amides is 1. The van der Waals surface area contributed by atoms with E-state index in [9.17, 15) is 4.79 Å². The van der Waals surface area contributed by atoms with Gasteiger partial charge in [0, 0.05) is 19.5 Å². The molecule has 0 aliphatic heterocycles. The third-order valence-corrected chi connectivity index (χ3v) is 2.92. The van der Waals surface area contributed by atoms with Crippen molar-refractivity contribution < 1.29 is 9.21 Å². The molecule has 5 heteroatoms. The lowest BCUT2D eigenvalue weighted by Gasteiger charge is -2.24. The van der Waals surface area contributed by atoms with Crippen molar-refractivity contribution in [3.63, 3.8) is 0 Å². The minimum absolute atomic E-state index is 0.0189. The Morgan fingerprint density at radius 2 is 2.18 bits per heavy atom. The number of hydrogen-bond donors (Lipinski definition) is 1. The van der Waals surface area contributed by atoms with Gasteiger partial charge in [0.15, 0.2) is 0 Å². The summed E-state index contributed by atoms with van der Waals surface area (Å²) >= 11 is 4.85. The predicted octanol–water partition coefficient (Wildman–Crippen LogP) is 2.03. The van der Waals surface area contributed by atoms with E-state index in [1.54, 1.807) is 24.9 Å². The zero-order valence-electron chi connectivity index (χ0n) is 10.6. The average molecular weight is 254 g/mol. The van der Waals surface area contributed by atoms with Gasteiger partial charge in [-0.2, -0.15) is 0 Å². The Balaban J connectivity index is 2.83. The Labute approximate surface area is 107 Å². The Morgan fingerprint density at radius 3 is 2.59 bits per heavy atom. The molecule has 0 aliphatic carbocycles. The van der Waals surface area contributed by atoms with Crippen LogP contribution in [0, 0.1) is 13.8 Å². The van der Waals surface area contributed by atoms with E-state index in [1.807, 2.05) is 13.8 Å². The van der Waals surface area contributed by atoms with Gasteiger partial charge < -0.3 is 15.1 Å². The average Bonchev–Trinajstić information content (AvgIpc) is 2.54. The van der Waals surface area contributed by atoms with Crippen LogP contribution < -0.4 is 5.73 Å². The first-order valence-electron chi connectivity index (χ1n) is 5.45. The highest BCUT2D eigenvalue weighted by atomic mass is 32.1. The monoisotopic (exact) mass is 254 g/mol. The van der Waals surface area contributed by atoms with Gasteiger partial charge in [0.1, 0.15) is 11.5 Å². The van der Waals surface area contributed by atoms with Crippen LogP contribution in [0.4, 0.5) is 0 Å². The highest BCUT2D eigenvalue weighted by Gasteiger charge is 2.21. The van der Waals surface area contributed by atoms with Crippen LogP contribution in [0.15, 0.2) is 10.5 Å². The van der Waals surface area contributed by atoms with E-state index in [-0.39, 0.29) is 11.9 Å². The quantitative estimate of drug-likeness (QED) is 0.835. The van der Waals surface area contributed by atoms with E-state index in [4.69, 9.17) is 22.4 Å². The Morgan fingerprint density at radius 1 is 1.59 bits per heavy atom. The Kier molecular flexibility index (Phi) is 4.28. The second-order valence-corrected chi connectivity index (χ2v) is 4.79. The van der Waals surface area contributed by atoms with Crippen LogP contribution in [-0.4, -0.2) is 28.9 Å². The van der Waals surface area contributed by atoms with Crippen LogP contribution in [0.5, 0.6) is 0 Å². The molecule has 0 aromatic carbocycles. The fraction of sp³-hybridized carbons (Fsp3) is 0.500. The van der Waals surface area contributed by atoms with Crippen molar-refractivity contribution in [3.05, 3.63) is 23.2 Å². The zero-order chi connectivity index (χ0) is 13.2. The number of nitrogens with zero attached hydrogens (tertiary/aromatic N) is 1. The Bertz CT molecular complexity index is 440. The lowest BCUT2D eigenvalue weighted by atomic mass is 10.1. The molecule has 1 amide bonds. The molecule has 0 spiro atoms. The summed E-state index contributed by atoms with van der Waals surface area (Å²) in [5.41, 5.74) is 6.08. The zero-order valence-corrected chi connectivity index (χ0v) is 11.4. The summed E-state index contributed by atoms with van der Waals surface area (Å²) in [5.74, 6) is 1.31. The van der Waals surface area contributed by atoms with Gasteiger partial charge in [0.25, 0.3) is 5.91 Å². The molecule has 1 heterocycles. The molecule has 0 aliphatic rings. The van der Waals surface area contributed by atoms with Gasteiger partial charge in [-0.15, -0.1) is 0 Å². The third kappa shape index (κ3) is 3.30. The first kappa shape index (κ1) is 13.7. The largest absolute Gasteiger partial charge is 0.466 e. The van der Waals surface area contributed by atoms with Crippen molar-refractivity contribution in [3.8, 4) is 0 Å². The summed E-state index contributed by atoms with van der Waals surface area (Å²) in [5, 5.41) is 0. The summed E-state index contributed by atoms with van der Waals surface area (Å²) in [4.78, 5) is 14.2. The molecule has 1 atom stereocenters. The molecular weight excluding hydrogens is 236 g/mol. The predicted molar refractivity (Wildman–Crippen MR) is 71.1 cm³/mol. The van der Waals surface area contributed by atoms with Crippen molar-refractivity contribution >= 4 is 23.1 Å². The normalized spacial score (nSPS) is 12.2. The fourth-order valence-electron chi connectivity index (χ4n) is 1.66. The van der Waals surface area contributed by atoms with Crippen LogP contribution in [-0.2, 0) is 0 Å². The van der Waals surface area contributed by atoms with Crippen LogP contribution in [0.2, 0.25) is 0 Å². The fourth-order valence-corrected chi connectivity index (χ4v) is 1.90. The van der Waals surface area contributed by atoms with Gasteiger partial charge in [-0.05, 0) is 26.8 Å². The first-order valence-corrected chi connectivity index (χ1v) is 5.86. The Hall–Kier alpha value is -1.36. The maximum atomic E-state index is 12.2. The van der Waals surface area contributed by atoms with Gasteiger partial charge in [-0.25, -0.2) is 0 Å². The topological polar surface area (TPSA) is 59.5 Å². The van der Waals surface area contributed by atoms with Gasteiger partial charge in [-0.1, -0.05) is 12.2 Å². The molecule has 17 heavy (non-hydrogen) atoms. The first-order chi connectivity index (χ1) is 7.82. The smallest absolute Gasteiger partial charge is 0.257 e. The molecule has 0 saturated carbocycles. The highest BCUT2D eigenvalue weighted by molar-refractivity contribution is 7.80. The molecule has 2 N–H and O–H groups in total. The maximum absolute atomic E-state index is 12.2. The molecule has 94 valence electrons. The molecule has 1 aromatic rings. The van der Waals surface area contributed by atoms with Crippen molar-refractivity contribution in [1.29, 1.82) is 0 Å². The van der Waals surface area contributed by atoms with E-state index >= 15 is 0 Å². The van der Waals surface area contributed by atoms with E-state index in [2.05, 4.69) is 0 Å². The van der Waals surface area contributed by atoms with Gasteiger partial charge >= 0.3 is 0 Å². The van der Waals surface area contributed by atoms with Gasteiger partial charge in [-0.3, -0.25) is 4.79 Å². The molecule has 1 unspecified atom stereocenters. The van der Waals surface area contributed by atoms with Gasteiger partial charge in [0.05, 0.1) is 10.6 Å². The highest BCUT2D eigenvalue weighted by Crippen LogP contribution is 2.17. The van der Waals surface area contributed by atoms with Gasteiger partial charge in [0.2, 0.25) is 0 Å². The number of aryl methyl sites for hydroxylation is 2. The lowest BCUT2D eigenvalue weighted by Crippen LogP contribution is -2.37. The number of carbonyl (C=O) groups excluding carboxylic acids is 1. The number of rotatable bonds is 4. The molecule has 0 saturated heterocycles. The number of hydrogen-bond acceptors (Lipinski definition) is 3. The number of furan rings is 1. The summed E-state index contributed by atoms with van der Waals surface area (Å²) in [6.07, 6.45) is 0.521. The molecule has 0 fully saturated rings. The van der Waals surface area contributed by atoms with E-state index in [0.29, 0.717) is 22.7 Å². The van der Waals surface area contributed by atoms with E-state index < -0.39 is 0 Å². The standard InChI is InChI=1S/C12H18N2O2S/c1-7(5-11(13)17)14(4)12(15)10-6-8(2)16-9(10)3/h6-7H,5H2,1-4H3,(H2,13,17). The lowest BCUT2D eigenvalue weighted by molar-refractivity contribution is 0.0746. The molecule has 1 rings (SSSR count). The van der Waals surface area contributed by atoms with Crippen molar-refractivity contribution in [1.82, 2.24) is 4.90 Å². The summed E-state index contributed by atoms with van der Waals surface area (Å²) in [7, 11) is 1.74. The second-order valence-electron chi connectivity index (χ2n) is 4.26. The minimum Gasteiger partial charge on any atom is -0.466 e. The van der Waals surface area contributed by atoms with Crippen molar-refractivity contribution in [2.75, 3.05) is 7.05 Å².